The van der Waals surface area contributed by atoms with Gasteiger partial charge in [0.15, 0.2) is 0 Å². The maximum absolute atomic E-state index is 14.0. The van der Waals surface area contributed by atoms with Crippen molar-refractivity contribution in [3.63, 3.8) is 0 Å². The molecule has 7 heteroatoms. The Hall–Kier alpha value is -2.47. The van der Waals surface area contributed by atoms with Crippen LogP contribution in [0.15, 0.2) is 36.5 Å². The summed E-state index contributed by atoms with van der Waals surface area (Å²) in [6.45, 7) is 0. The second-order valence-corrected chi connectivity index (χ2v) is 5.21. The molecule has 1 aromatic carbocycles. The van der Waals surface area contributed by atoms with Crippen LogP contribution in [0.25, 0.3) is 22.8 Å². The van der Waals surface area contributed by atoms with Crippen LogP contribution in [-0.2, 0) is 7.05 Å². The van der Waals surface area contributed by atoms with Gasteiger partial charge in [-0.1, -0.05) is 17.7 Å². The number of ether oxygens (including phenoxy) is 1. The van der Waals surface area contributed by atoms with Crippen molar-refractivity contribution in [1.29, 1.82) is 0 Å². The summed E-state index contributed by atoms with van der Waals surface area (Å²) in [5.41, 5.74) is 0.746. The number of hydrogen-bond donors (Lipinski definition) is 0. The highest BCUT2D eigenvalue weighted by Gasteiger charge is 2.19. The second-order valence-electron chi connectivity index (χ2n) is 4.81. The van der Waals surface area contributed by atoms with E-state index < -0.39 is 11.6 Å². The molecule has 0 bridgehead atoms. The lowest BCUT2D eigenvalue weighted by atomic mass is 10.2. The van der Waals surface area contributed by atoms with Crippen molar-refractivity contribution in [1.82, 2.24) is 14.5 Å². The predicted octanol–water partition coefficient (Wildman–Crippen LogP) is 4.09. The SMILES string of the molecule is COc1ccc(Cl)c(-c2cnc(-c3c(F)cccc3F)n2C)n1. The number of hydrogen-bond acceptors (Lipinski definition) is 3. The normalized spacial score (nSPS) is 10.8. The molecule has 0 atom stereocenters. The highest BCUT2D eigenvalue weighted by Crippen LogP contribution is 2.32. The molecule has 0 unspecified atom stereocenters. The first-order chi connectivity index (χ1) is 11.0. The molecule has 0 saturated carbocycles. The number of benzene rings is 1. The van der Waals surface area contributed by atoms with Crippen LogP contribution in [-0.4, -0.2) is 21.6 Å². The molecule has 2 aromatic heterocycles. The summed E-state index contributed by atoms with van der Waals surface area (Å²) in [4.78, 5) is 8.40. The van der Waals surface area contributed by atoms with Crippen LogP contribution in [0.2, 0.25) is 5.02 Å². The van der Waals surface area contributed by atoms with Gasteiger partial charge in [0.1, 0.15) is 23.2 Å². The Balaban J connectivity index is 2.17. The lowest BCUT2D eigenvalue weighted by Gasteiger charge is -2.09. The van der Waals surface area contributed by atoms with E-state index in [0.717, 1.165) is 0 Å². The van der Waals surface area contributed by atoms with Gasteiger partial charge in [0, 0.05) is 13.1 Å². The molecule has 0 radical (unpaired) electrons. The van der Waals surface area contributed by atoms with E-state index in [4.69, 9.17) is 16.3 Å². The monoisotopic (exact) mass is 335 g/mol. The van der Waals surface area contributed by atoms with Crippen molar-refractivity contribution in [2.24, 2.45) is 7.05 Å². The molecule has 4 nitrogen and oxygen atoms in total. The van der Waals surface area contributed by atoms with Crippen molar-refractivity contribution in [3.8, 4) is 28.7 Å². The van der Waals surface area contributed by atoms with Crippen LogP contribution in [0.3, 0.4) is 0 Å². The number of nitrogens with zero attached hydrogens (tertiary/aromatic N) is 3. The van der Waals surface area contributed by atoms with Gasteiger partial charge >= 0.3 is 0 Å². The third kappa shape index (κ3) is 2.66. The summed E-state index contributed by atoms with van der Waals surface area (Å²) in [5.74, 6) is -0.842. The predicted molar refractivity (Wildman–Crippen MR) is 83.4 cm³/mol. The second kappa shape index (κ2) is 5.96. The number of imidazole rings is 1. The molecule has 0 amide bonds. The zero-order valence-electron chi connectivity index (χ0n) is 12.3. The topological polar surface area (TPSA) is 39.9 Å². The maximum Gasteiger partial charge on any atom is 0.213 e. The van der Waals surface area contributed by atoms with E-state index in [2.05, 4.69) is 9.97 Å². The number of halogens is 3. The maximum atomic E-state index is 14.0. The third-order valence-electron chi connectivity index (χ3n) is 3.45. The van der Waals surface area contributed by atoms with Gasteiger partial charge in [0.05, 0.1) is 29.6 Å². The van der Waals surface area contributed by atoms with Crippen LogP contribution < -0.4 is 4.74 Å². The number of methoxy groups -OCH3 is 1. The van der Waals surface area contributed by atoms with Crippen molar-refractivity contribution in [3.05, 3.63) is 53.2 Å². The first-order valence-corrected chi connectivity index (χ1v) is 7.07. The van der Waals surface area contributed by atoms with Gasteiger partial charge in [-0.2, -0.15) is 0 Å². The van der Waals surface area contributed by atoms with Crippen LogP contribution in [0.5, 0.6) is 5.88 Å². The zero-order valence-corrected chi connectivity index (χ0v) is 13.1. The van der Waals surface area contributed by atoms with Crippen molar-refractivity contribution in [2.75, 3.05) is 7.11 Å². The fourth-order valence-corrected chi connectivity index (χ4v) is 2.49. The van der Waals surface area contributed by atoms with Gasteiger partial charge in [-0.3, -0.25) is 0 Å². The first-order valence-electron chi connectivity index (χ1n) is 6.70. The van der Waals surface area contributed by atoms with E-state index in [-0.39, 0.29) is 11.4 Å². The number of aromatic nitrogens is 3. The van der Waals surface area contributed by atoms with Crippen molar-refractivity contribution in [2.45, 2.75) is 0 Å². The standard InChI is InChI=1S/C16H12ClF2N3O/c1-22-12(15-9(17)6-7-13(21-15)23-2)8-20-16(22)14-10(18)4-3-5-11(14)19/h3-8H,1-2H3. The highest BCUT2D eigenvalue weighted by molar-refractivity contribution is 6.33. The van der Waals surface area contributed by atoms with Gasteiger partial charge in [-0.15, -0.1) is 0 Å². The molecule has 23 heavy (non-hydrogen) atoms. The zero-order chi connectivity index (χ0) is 16.6. The lowest BCUT2D eigenvalue weighted by molar-refractivity contribution is 0.398. The molecule has 118 valence electrons. The minimum absolute atomic E-state index is 0.149. The summed E-state index contributed by atoms with van der Waals surface area (Å²) < 4.78 is 34.6. The van der Waals surface area contributed by atoms with Gasteiger partial charge in [0.2, 0.25) is 5.88 Å². The molecule has 0 aliphatic carbocycles. The smallest absolute Gasteiger partial charge is 0.213 e. The summed E-state index contributed by atoms with van der Waals surface area (Å²) in [7, 11) is 3.13. The molecule has 0 aliphatic heterocycles. The van der Waals surface area contributed by atoms with Crippen molar-refractivity contribution >= 4 is 11.6 Å². The molecule has 0 aliphatic rings. The lowest BCUT2D eigenvalue weighted by Crippen LogP contribution is -2.01. The van der Waals surface area contributed by atoms with E-state index >= 15 is 0 Å². The van der Waals surface area contributed by atoms with E-state index in [1.807, 2.05) is 0 Å². The van der Waals surface area contributed by atoms with Crippen LogP contribution in [0, 0.1) is 11.6 Å². The van der Waals surface area contributed by atoms with E-state index in [0.29, 0.717) is 22.3 Å². The van der Waals surface area contributed by atoms with Gasteiger partial charge in [-0.05, 0) is 18.2 Å². The van der Waals surface area contributed by atoms with Crippen LogP contribution in [0.4, 0.5) is 8.78 Å². The van der Waals surface area contributed by atoms with E-state index in [1.54, 1.807) is 19.2 Å². The quantitative estimate of drug-likeness (QED) is 0.723. The van der Waals surface area contributed by atoms with Gasteiger partial charge in [0.25, 0.3) is 0 Å². The van der Waals surface area contributed by atoms with Gasteiger partial charge in [-0.25, -0.2) is 18.7 Å². The minimum Gasteiger partial charge on any atom is -0.481 e. The van der Waals surface area contributed by atoms with E-state index in [1.165, 1.54) is 36.1 Å². The average Bonchev–Trinajstić information content (AvgIpc) is 2.89. The fraction of sp³-hybridized carbons (Fsp3) is 0.125. The Morgan fingerprint density at radius 1 is 1.13 bits per heavy atom. The Morgan fingerprint density at radius 3 is 2.48 bits per heavy atom. The summed E-state index contributed by atoms with van der Waals surface area (Å²) in [6.07, 6.45) is 1.47. The molecule has 0 N–H and O–H groups in total. The van der Waals surface area contributed by atoms with E-state index in [9.17, 15) is 8.78 Å². The van der Waals surface area contributed by atoms with Crippen molar-refractivity contribution < 1.29 is 13.5 Å². The Bertz CT molecular complexity index is 860. The average molecular weight is 336 g/mol. The summed E-state index contributed by atoms with van der Waals surface area (Å²) in [5, 5.41) is 0.384. The van der Waals surface area contributed by atoms with Gasteiger partial charge < -0.3 is 9.30 Å². The largest absolute Gasteiger partial charge is 0.481 e. The molecule has 3 aromatic rings. The van der Waals surface area contributed by atoms with Crippen LogP contribution >= 0.6 is 11.6 Å². The van der Waals surface area contributed by atoms with Crippen LogP contribution in [0.1, 0.15) is 0 Å². The number of rotatable bonds is 3. The number of pyridine rings is 1. The molecule has 3 rings (SSSR count). The molecule has 0 spiro atoms. The first kappa shape index (κ1) is 15.4. The molecule has 0 fully saturated rings. The Kier molecular flexibility index (Phi) is 4.00. The highest BCUT2D eigenvalue weighted by atomic mass is 35.5. The minimum atomic E-state index is -0.685. The molecule has 2 heterocycles. The molecule has 0 saturated heterocycles. The third-order valence-corrected chi connectivity index (χ3v) is 3.75. The summed E-state index contributed by atoms with van der Waals surface area (Å²) in [6, 6.07) is 6.93. The Labute approximate surface area is 136 Å². The summed E-state index contributed by atoms with van der Waals surface area (Å²) >= 11 is 6.17. The fourth-order valence-electron chi connectivity index (χ4n) is 2.29. The Morgan fingerprint density at radius 2 is 1.83 bits per heavy atom. The molecular weight excluding hydrogens is 324 g/mol. The molecular formula is C16H12ClF2N3O.